The summed E-state index contributed by atoms with van der Waals surface area (Å²) in [4.78, 5) is 3.78. The summed E-state index contributed by atoms with van der Waals surface area (Å²) in [5.74, 6) is -5.12. The maximum atomic E-state index is 13.4. The van der Waals surface area contributed by atoms with E-state index in [1.165, 1.54) is 0 Å². The van der Waals surface area contributed by atoms with Crippen LogP contribution in [0.1, 0.15) is 19.3 Å². The molecule has 0 bridgehead atoms. The van der Waals surface area contributed by atoms with Crippen molar-refractivity contribution in [3.05, 3.63) is 29.8 Å². The number of aliphatic imine (C=N–C) groups is 1. The van der Waals surface area contributed by atoms with Crippen molar-refractivity contribution < 1.29 is 17.6 Å². The van der Waals surface area contributed by atoms with E-state index < -0.39 is 23.5 Å². The highest BCUT2D eigenvalue weighted by atomic mass is 19.3. The van der Waals surface area contributed by atoms with Crippen LogP contribution in [0.2, 0.25) is 0 Å². The number of alkyl halides is 2. The first-order valence-corrected chi connectivity index (χ1v) is 6.28. The molecule has 1 aromatic carbocycles. The van der Waals surface area contributed by atoms with E-state index in [-0.39, 0.29) is 24.6 Å². The topological polar surface area (TPSA) is 50.4 Å². The standard InChI is InChI=1S/C13H15F4N3/c14-9-3-4-10(15)11(6-9)20-12(18)19-7-8-2-1-5-13(8,16)17/h3-4,6,8H,1-2,5,7H2,(H3,18,19,20). The Morgan fingerprint density at radius 2 is 2.15 bits per heavy atom. The van der Waals surface area contributed by atoms with Crippen LogP contribution in [-0.2, 0) is 0 Å². The summed E-state index contributed by atoms with van der Waals surface area (Å²) in [7, 11) is 0. The molecule has 0 heterocycles. The zero-order valence-electron chi connectivity index (χ0n) is 10.7. The second kappa shape index (κ2) is 5.68. The molecule has 1 saturated carbocycles. The molecule has 2 rings (SSSR count). The highest BCUT2D eigenvalue weighted by Crippen LogP contribution is 2.40. The van der Waals surface area contributed by atoms with Crippen molar-refractivity contribution in [1.82, 2.24) is 0 Å². The minimum atomic E-state index is -2.73. The normalized spacial score (nSPS) is 22.0. The van der Waals surface area contributed by atoms with Gasteiger partial charge in [0.15, 0.2) is 5.96 Å². The molecule has 110 valence electrons. The van der Waals surface area contributed by atoms with Gasteiger partial charge in [0.2, 0.25) is 0 Å². The average Bonchev–Trinajstić information content (AvgIpc) is 2.70. The summed E-state index contributed by atoms with van der Waals surface area (Å²) >= 11 is 0. The molecule has 1 unspecified atom stereocenters. The zero-order chi connectivity index (χ0) is 14.8. The quantitative estimate of drug-likeness (QED) is 0.510. The summed E-state index contributed by atoms with van der Waals surface area (Å²) in [6.07, 6.45) is 0.705. The van der Waals surface area contributed by atoms with Crippen LogP contribution in [0.25, 0.3) is 0 Å². The molecule has 1 aliphatic rings. The third-order valence-electron chi connectivity index (χ3n) is 3.33. The first kappa shape index (κ1) is 14.6. The number of benzene rings is 1. The molecular formula is C13H15F4N3. The Balaban J connectivity index is 1.99. The highest BCUT2D eigenvalue weighted by molar-refractivity contribution is 5.92. The molecule has 7 heteroatoms. The maximum Gasteiger partial charge on any atom is 0.252 e. The summed E-state index contributed by atoms with van der Waals surface area (Å²) in [6.45, 7) is -0.136. The lowest BCUT2D eigenvalue weighted by atomic mass is 10.1. The van der Waals surface area contributed by atoms with Crippen LogP contribution in [0.3, 0.4) is 0 Å². The third kappa shape index (κ3) is 3.40. The number of nitrogens with two attached hydrogens (primary N) is 1. The molecule has 3 nitrogen and oxygen atoms in total. The zero-order valence-corrected chi connectivity index (χ0v) is 10.7. The molecular weight excluding hydrogens is 274 g/mol. The van der Waals surface area contributed by atoms with Crippen LogP contribution in [0.15, 0.2) is 23.2 Å². The van der Waals surface area contributed by atoms with Crippen LogP contribution in [0.5, 0.6) is 0 Å². The van der Waals surface area contributed by atoms with Gasteiger partial charge in [0.05, 0.1) is 12.2 Å². The van der Waals surface area contributed by atoms with Gasteiger partial charge in [0, 0.05) is 18.4 Å². The fraction of sp³-hybridized carbons (Fsp3) is 0.462. The number of hydrogen-bond acceptors (Lipinski definition) is 1. The molecule has 0 saturated heterocycles. The van der Waals surface area contributed by atoms with E-state index in [2.05, 4.69) is 10.3 Å². The van der Waals surface area contributed by atoms with E-state index in [0.29, 0.717) is 12.8 Å². The predicted molar refractivity (Wildman–Crippen MR) is 68.8 cm³/mol. The Bertz CT molecular complexity index is 516. The van der Waals surface area contributed by atoms with Crippen LogP contribution in [0, 0.1) is 17.6 Å². The van der Waals surface area contributed by atoms with Gasteiger partial charge in [-0.2, -0.15) is 0 Å². The lowest BCUT2D eigenvalue weighted by molar-refractivity contribution is -0.0329. The van der Waals surface area contributed by atoms with Crippen molar-refractivity contribution in [2.24, 2.45) is 16.6 Å². The van der Waals surface area contributed by atoms with Crippen LogP contribution >= 0.6 is 0 Å². The number of rotatable bonds is 3. The molecule has 0 aliphatic heterocycles. The molecule has 0 amide bonds. The Hall–Kier alpha value is -1.79. The van der Waals surface area contributed by atoms with E-state index in [4.69, 9.17) is 5.73 Å². The number of guanidine groups is 1. The SMILES string of the molecule is NC(=NCC1CCCC1(F)F)Nc1cc(F)ccc1F. The van der Waals surface area contributed by atoms with Gasteiger partial charge in [-0.1, -0.05) is 0 Å². The summed E-state index contributed by atoms with van der Waals surface area (Å²) in [5.41, 5.74) is 5.32. The van der Waals surface area contributed by atoms with Crippen LogP contribution < -0.4 is 11.1 Å². The number of hydrogen-bond donors (Lipinski definition) is 2. The van der Waals surface area contributed by atoms with Gasteiger partial charge in [0.25, 0.3) is 5.92 Å². The number of anilines is 1. The van der Waals surface area contributed by atoms with E-state index in [9.17, 15) is 17.6 Å². The summed E-state index contributed by atoms with van der Waals surface area (Å²) in [5, 5.41) is 2.37. The van der Waals surface area contributed by atoms with Gasteiger partial charge in [-0.15, -0.1) is 0 Å². The molecule has 1 fully saturated rings. The summed E-state index contributed by atoms with van der Waals surface area (Å²) in [6, 6.07) is 2.82. The molecule has 0 radical (unpaired) electrons. The first-order chi connectivity index (χ1) is 9.38. The lowest BCUT2D eigenvalue weighted by Gasteiger charge is -2.17. The van der Waals surface area contributed by atoms with E-state index in [1.54, 1.807) is 0 Å². The lowest BCUT2D eigenvalue weighted by Crippen LogP contribution is -2.28. The van der Waals surface area contributed by atoms with Gasteiger partial charge < -0.3 is 11.1 Å². The first-order valence-electron chi connectivity index (χ1n) is 6.28. The molecule has 0 spiro atoms. The van der Waals surface area contributed by atoms with Gasteiger partial charge in [-0.05, 0) is 25.0 Å². The molecule has 20 heavy (non-hydrogen) atoms. The number of nitrogens with zero attached hydrogens (tertiary/aromatic N) is 1. The Morgan fingerprint density at radius 1 is 1.40 bits per heavy atom. The second-order valence-corrected chi connectivity index (χ2v) is 4.83. The van der Waals surface area contributed by atoms with Gasteiger partial charge in [-0.3, -0.25) is 4.99 Å². The molecule has 0 aromatic heterocycles. The minimum Gasteiger partial charge on any atom is -0.370 e. The highest BCUT2D eigenvalue weighted by Gasteiger charge is 2.43. The van der Waals surface area contributed by atoms with Crippen LogP contribution in [0.4, 0.5) is 23.2 Å². The predicted octanol–water partition coefficient (Wildman–Crippen LogP) is 3.13. The van der Waals surface area contributed by atoms with Crippen LogP contribution in [-0.4, -0.2) is 18.4 Å². The average molecular weight is 289 g/mol. The molecule has 3 N–H and O–H groups in total. The van der Waals surface area contributed by atoms with Gasteiger partial charge in [0.1, 0.15) is 11.6 Å². The van der Waals surface area contributed by atoms with Crippen molar-refractivity contribution in [3.8, 4) is 0 Å². The van der Waals surface area contributed by atoms with E-state index >= 15 is 0 Å². The fourth-order valence-electron chi connectivity index (χ4n) is 2.20. The fourth-order valence-corrected chi connectivity index (χ4v) is 2.20. The van der Waals surface area contributed by atoms with Crippen molar-refractivity contribution >= 4 is 11.6 Å². The maximum absolute atomic E-state index is 13.4. The molecule has 1 aliphatic carbocycles. The smallest absolute Gasteiger partial charge is 0.252 e. The Morgan fingerprint density at radius 3 is 2.80 bits per heavy atom. The Labute approximate surface area is 113 Å². The third-order valence-corrected chi connectivity index (χ3v) is 3.33. The van der Waals surface area contributed by atoms with Crippen molar-refractivity contribution in [3.63, 3.8) is 0 Å². The minimum absolute atomic E-state index is 0.136. The molecule has 1 aromatic rings. The Kier molecular flexibility index (Phi) is 4.15. The molecule has 1 atom stereocenters. The van der Waals surface area contributed by atoms with Gasteiger partial charge >= 0.3 is 0 Å². The van der Waals surface area contributed by atoms with Crippen molar-refractivity contribution in [1.29, 1.82) is 0 Å². The van der Waals surface area contributed by atoms with Crippen molar-refractivity contribution in [2.45, 2.75) is 25.2 Å². The second-order valence-electron chi connectivity index (χ2n) is 4.83. The number of halogens is 4. The summed E-state index contributed by atoms with van der Waals surface area (Å²) < 4.78 is 53.0. The number of nitrogens with one attached hydrogen (secondary N) is 1. The van der Waals surface area contributed by atoms with E-state index in [1.807, 2.05) is 0 Å². The largest absolute Gasteiger partial charge is 0.370 e. The van der Waals surface area contributed by atoms with Gasteiger partial charge in [-0.25, -0.2) is 17.6 Å². The van der Waals surface area contributed by atoms with Crippen molar-refractivity contribution in [2.75, 3.05) is 11.9 Å². The van der Waals surface area contributed by atoms with E-state index in [0.717, 1.165) is 18.2 Å². The monoisotopic (exact) mass is 289 g/mol.